The molecule has 0 bridgehead atoms. The summed E-state index contributed by atoms with van der Waals surface area (Å²) < 4.78 is 15.6. The molecule has 0 radical (unpaired) electrons. The number of nitrogens with zero attached hydrogens (tertiary/aromatic N) is 4. The number of halogens is 1. The number of hydrogen-bond donors (Lipinski definition) is 2. The zero-order valence-corrected chi connectivity index (χ0v) is 24.2. The molecule has 2 N–H and O–H groups in total. The highest BCUT2D eigenvalue weighted by molar-refractivity contribution is 6.00. The van der Waals surface area contributed by atoms with E-state index in [2.05, 4.69) is 53.9 Å². The summed E-state index contributed by atoms with van der Waals surface area (Å²) in [6.45, 7) is 12.0. The van der Waals surface area contributed by atoms with Gasteiger partial charge in [-0.25, -0.2) is 9.37 Å². The van der Waals surface area contributed by atoms with Crippen LogP contribution in [0.4, 0.5) is 10.2 Å². The minimum atomic E-state index is -0.369. The van der Waals surface area contributed by atoms with Crippen LogP contribution in [-0.2, 0) is 23.2 Å². The van der Waals surface area contributed by atoms with E-state index in [1.165, 1.54) is 17.7 Å². The van der Waals surface area contributed by atoms with Gasteiger partial charge in [0.05, 0.1) is 5.39 Å². The number of nitrogens with one attached hydrogen (secondary N) is 2. The third-order valence-electron chi connectivity index (χ3n) is 8.34. The van der Waals surface area contributed by atoms with Crippen LogP contribution in [0.2, 0.25) is 0 Å². The van der Waals surface area contributed by atoms with E-state index in [9.17, 15) is 9.59 Å². The van der Waals surface area contributed by atoms with Gasteiger partial charge >= 0.3 is 0 Å². The minimum absolute atomic E-state index is 0.0112. The first-order valence-corrected chi connectivity index (χ1v) is 14.3. The molecule has 1 fully saturated rings. The zero-order chi connectivity index (χ0) is 29.6. The number of fused-ring (bicyclic) bond motifs is 2. The number of rotatable bonds is 6. The molecule has 2 amide bonds. The Bertz CT molecular complexity index is 1700. The van der Waals surface area contributed by atoms with Crippen LogP contribution in [-0.4, -0.2) is 62.5 Å². The van der Waals surface area contributed by atoms with E-state index < -0.39 is 0 Å². The molecule has 2 aliphatic rings. The number of hydrogen-bond acceptors (Lipinski definition) is 5. The van der Waals surface area contributed by atoms with Crippen LogP contribution in [0.15, 0.2) is 61.3 Å². The Morgan fingerprint density at radius 3 is 2.76 bits per heavy atom. The van der Waals surface area contributed by atoms with Crippen LogP contribution in [0, 0.1) is 5.82 Å². The summed E-state index contributed by atoms with van der Waals surface area (Å²) in [6.07, 6.45) is 4.52. The van der Waals surface area contributed by atoms with E-state index in [0.717, 1.165) is 29.4 Å². The van der Waals surface area contributed by atoms with Crippen LogP contribution in [0.5, 0.6) is 0 Å². The molecule has 1 unspecified atom stereocenters. The van der Waals surface area contributed by atoms with Crippen molar-refractivity contribution in [2.45, 2.75) is 51.6 Å². The molecule has 4 heterocycles. The van der Waals surface area contributed by atoms with Gasteiger partial charge in [-0.1, -0.05) is 51.6 Å². The van der Waals surface area contributed by atoms with Crippen molar-refractivity contribution in [2.24, 2.45) is 0 Å². The highest BCUT2D eigenvalue weighted by Gasteiger charge is 2.28. The first-order chi connectivity index (χ1) is 20.1. The lowest BCUT2D eigenvalue weighted by Gasteiger charge is -2.30. The SMILES string of the molecule is C=CC(=O)N1CCC(Nc2n[nH]c3nccc(-c4ccc(CN5CCc6cc(C(C)(C)C)ccc6C5=O)c(F)c4)c23)C1. The maximum Gasteiger partial charge on any atom is 0.254 e. The summed E-state index contributed by atoms with van der Waals surface area (Å²) in [5.41, 5.74) is 5.51. The number of anilines is 1. The molecule has 216 valence electrons. The fraction of sp³-hybridized carbons (Fsp3) is 0.333. The van der Waals surface area contributed by atoms with Crippen molar-refractivity contribution < 1.29 is 14.0 Å². The summed E-state index contributed by atoms with van der Waals surface area (Å²) in [7, 11) is 0. The van der Waals surface area contributed by atoms with Crippen LogP contribution >= 0.6 is 0 Å². The molecule has 1 atom stereocenters. The fourth-order valence-electron chi connectivity index (χ4n) is 5.90. The number of benzene rings is 2. The summed E-state index contributed by atoms with van der Waals surface area (Å²) in [5.74, 6) is 0.0915. The van der Waals surface area contributed by atoms with Gasteiger partial charge in [0.1, 0.15) is 5.82 Å². The van der Waals surface area contributed by atoms with Gasteiger partial charge in [0.15, 0.2) is 11.5 Å². The van der Waals surface area contributed by atoms with Gasteiger partial charge in [0.25, 0.3) is 5.91 Å². The maximum atomic E-state index is 15.6. The predicted molar refractivity (Wildman–Crippen MR) is 162 cm³/mol. The van der Waals surface area contributed by atoms with Crippen molar-refractivity contribution >= 4 is 28.7 Å². The van der Waals surface area contributed by atoms with Gasteiger partial charge in [-0.2, -0.15) is 5.10 Å². The summed E-state index contributed by atoms with van der Waals surface area (Å²) >= 11 is 0. The Morgan fingerprint density at radius 2 is 2.00 bits per heavy atom. The molecular weight excluding hydrogens is 531 g/mol. The highest BCUT2D eigenvalue weighted by atomic mass is 19.1. The van der Waals surface area contributed by atoms with Crippen molar-refractivity contribution in [3.8, 4) is 11.1 Å². The Labute approximate surface area is 244 Å². The number of amides is 2. The number of carbonyl (C=O) groups is 2. The molecule has 9 heteroatoms. The lowest BCUT2D eigenvalue weighted by molar-refractivity contribution is -0.125. The van der Waals surface area contributed by atoms with Gasteiger partial charge in [-0.15, -0.1) is 0 Å². The molecule has 6 rings (SSSR count). The average Bonchev–Trinajstić information content (AvgIpc) is 3.62. The van der Waals surface area contributed by atoms with Crippen molar-refractivity contribution in [1.82, 2.24) is 25.0 Å². The van der Waals surface area contributed by atoms with Gasteiger partial charge in [0, 0.05) is 49.5 Å². The summed E-state index contributed by atoms with van der Waals surface area (Å²) in [5, 5.41) is 11.6. The second-order valence-corrected chi connectivity index (χ2v) is 12.2. The first kappa shape index (κ1) is 27.6. The lowest BCUT2D eigenvalue weighted by Crippen LogP contribution is -2.37. The number of carbonyl (C=O) groups excluding carboxylic acids is 2. The Morgan fingerprint density at radius 1 is 1.17 bits per heavy atom. The lowest BCUT2D eigenvalue weighted by atomic mass is 9.84. The Kier molecular flexibility index (Phi) is 7.04. The normalized spacial score (nSPS) is 17.0. The van der Waals surface area contributed by atoms with Gasteiger partial charge in [-0.3, -0.25) is 14.7 Å². The fourth-order valence-corrected chi connectivity index (χ4v) is 5.90. The molecule has 8 nitrogen and oxygen atoms in total. The molecule has 4 aromatic rings. The second-order valence-electron chi connectivity index (χ2n) is 12.2. The molecular formula is C33H35FN6O2. The van der Waals surface area contributed by atoms with E-state index in [0.29, 0.717) is 47.8 Å². The largest absolute Gasteiger partial charge is 0.363 e. The third kappa shape index (κ3) is 5.15. The Balaban J connectivity index is 1.22. The molecule has 2 aromatic heterocycles. The van der Waals surface area contributed by atoms with Gasteiger partial charge in [-0.05, 0) is 64.8 Å². The van der Waals surface area contributed by atoms with Crippen molar-refractivity contribution in [1.29, 1.82) is 0 Å². The van der Waals surface area contributed by atoms with Crippen LogP contribution < -0.4 is 5.32 Å². The molecule has 0 saturated carbocycles. The van der Waals surface area contributed by atoms with Crippen molar-refractivity contribution in [2.75, 3.05) is 25.0 Å². The number of aromatic amines is 1. The Hall–Kier alpha value is -4.53. The zero-order valence-electron chi connectivity index (χ0n) is 24.2. The summed E-state index contributed by atoms with van der Waals surface area (Å²) in [4.78, 5) is 33.2. The van der Waals surface area contributed by atoms with E-state index in [4.69, 9.17) is 0 Å². The quantitative estimate of drug-likeness (QED) is 0.303. The van der Waals surface area contributed by atoms with Crippen molar-refractivity contribution in [3.05, 3.63) is 89.4 Å². The molecule has 2 aliphatic heterocycles. The minimum Gasteiger partial charge on any atom is -0.363 e. The highest BCUT2D eigenvalue weighted by Crippen LogP contribution is 2.34. The number of H-pyrrole nitrogens is 1. The summed E-state index contributed by atoms with van der Waals surface area (Å²) in [6, 6.07) is 13.1. The topological polar surface area (TPSA) is 94.2 Å². The predicted octanol–water partition coefficient (Wildman–Crippen LogP) is 5.46. The van der Waals surface area contributed by atoms with Gasteiger partial charge < -0.3 is 15.1 Å². The first-order valence-electron chi connectivity index (χ1n) is 14.3. The van der Waals surface area contributed by atoms with Gasteiger partial charge in [0.2, 0.25) is 5.91 Å². The number of pyridine rings is 1. The molecule has 1 saturated heterocycles. The smallest absolute Gasteiger partial charge is 0.254 e. The molecule has 0 aliphatic carbocycles. The molecule has 42 heavy (non-hydrogen) atoms. The van der Waals surface area contributed by atoms with Crippen molar-refractivity contribution in [3.63, 3.8) is 0 Å². The van der Waals surface area contributed by atoms with E-state index in [1.54, 1.807) is 22.1 Å². The maximum absolute atomic E-state index is 15.6. The van der Waals surface area contributed by atoms with Crippen LogP contribution in [0.25, 0.3) is 22.2 Å². The van der Waals surface area contributed by atoms with Crippen LogP contribution in [0.3, 0.4) is 0 Å². The van der Waals surface area contributed by atoms with E-state index in [1.807, 2.05) is 24.3 Å². The third-order valence-corrected chi connectivity index (χ3v) is 8.34. The molecule has 2 aromatic carbocycles. The standard InChI is InChI=1S/C33H35FN6O2/c1-5-28(41)39-15-12-24(19-39)36-31-29-25(10-13-35-30(29)37-38-31)20-6-7-22(27(34)17-20)18-40-14-11-21-16-23(33(2,3)4)8-9-26(21)32(40)42/h5-10,13,16-17,24H,1,11-12,14-15,18-19H2,2-4H3,(H2,35,36,37,38). The van der Waals surface area contributed by atoms with E-state index in [-0.39, 0.29) is 35.6 Å². The number of likely N-dealkylation sites (tertiary alicyclic amines) is 1. The average molecular weight is 567 g/mol. The van der Waals surface area contributed by atoms with Crippen LogP contribution in [0.1, 0.15) is 54.2 Å². The monoisotopic (exact) mass is 566 g/mol. The second kappa shape index (κ2) is 10.7. The molecule has 0 spiro atoms. The van der Waals surface area contributed by atoms with E-state index >= 15 is 4.39 Å². The number of aromatic nitrogens is 3.